The third kappa shape index (κ3) is 2.84. The van der Waals surface area contributed by atoms with Crippen LogP contribution in [0.3, 0.4) is 0 Å². The van der Waals surface area contributed by atoms with E-state index in [-0.39, 0.29) is 11.4 Å². The second-order valence-electron chi connectivity index (χ2n) is 6.64. The molecule has 0 fully saturated rings. The Bertz CT molecular complexity index is 685. The molecule has 5 nitrogen and oxygen atoms in total. The fourth-order valence-electron chi connectivity index (χ4n) is 2.61. The molecule has 0 bridgehead atoms. The third-order valence-corrected chi connectivity index (χ3v) is 3.84. The number of nitrogens with one attached hydrogen (secondary N) is 1. The van der Waals surface area contributed by atoms with Gasteiger partial charge in [0.1, 0.15) is 5.76 Å². The van der Waals surface area contributed by atoms with Crippen molar-refractivity contribution in [2.45, 2.75) is 39.0 Å². The number of aryl methyl sites for hydroxylation is 1. The maximum atomic E-state index is 12.5. The van der Waals surface area contributed by atoms with Gasteiger partial charge in [0, 0.05) is 23.7 Å². The van der Waals surface area contributed by atoms with Crippen molar-refractivity contribution in [3.8, 4) is 0 Å². The lowest BCUT2D eigenvalue weighted by molar-refractivity contribution is 0.256. The van der Waals surface area contributed by atoms with E-state index in [4.69, 9.17) is 4.52 Å². The molecule has 2 aromatic rings. The highest BCUT2D eigenvalue weighted by Gasteiger charge is 2.24. The lowest BCUT2D eigenvalue weighted by atomic mass is 9.93. The van der Waals surface area contributed by atoms with Gasteiger partial charge in [-0.15, -0.1) is 0 Å². The molecule has 0 radical (unpaired) electrons. The molecule has 2 amide bonds. The highest BCUT2D eigenvalue weighted by atomic mass is 16.5. The average molecular weight is 299 g/mol. The number of carbonyl (C=O) groups excluding carboxylic acids is 1. The van der Waals surface area contributed by atoms with E-state index in [1.54, 1.807) is 11.0 Å². The zero-order valence-electron chi connectivity index (χ0n) is 13.2. The molecular weight excluding hydrogens is 278 g/mol. The van der Waals surface area contributed by atoms with Gasteiger partial charge in [-0.25, -0.2) is 4.79 Å². The zero-order valence-corrected chi connectivity index (χ0v) is 13.2. The summed E-state index contributed by atoms with van der Waals surface area (Å²) < 4.78 is 5.30. The number of rotatable bonds is 1. The van der Waals surface area contributed by atoms with Gasteiger partial charge in [-0.3, -0.25) is 10.2 Å². The van der Waals surface area contributed by atoms with Crippen molar-refractivity contribution >= 4 is 17.5 Å². The molecule has 0 saturated carbocycles. The van der Waals surface area contributed by atoms with Gasteiger partial charge in [0.15, 0.2) is 5.82 Å². The van der Waals surface area contributed by atoms with Crippen molar-refractivity contribution in [3.05, 3.63) is 41.7 Å². The number of fused-ring (bicyclic) bond motifs is 1. The molecule has 22 heavy (non-hydrogen) atoms. The molecule has 1 aromatic heterocycles. The van der Waals surface area contributed by atoms with Crippen molar-refractivity contribution in [1.82, 2.24) is 5.16 Å². The summed E-state index contributed by atoms with van der Waals surface area (Å²) in [6.45, 7) is 6.84. The molecule has 1 aliphatic heterocycles. The summed E-state index contributed by atoms with van der Waals surface area (Å²) in [4.78, 5) is 14.3. The predicted octanol–water partition coefficient (Wildman–Crippen LogP) is 3.96. The van der Waals surface area contributed by atoms with Crippen LogP contribution in [-0.4, -0.2) is 17.7 Å². The molecule has 5 heteroatoms. The summed E-state index contributed by atoms with van der Waals surface area (Å²) in [5, 5.41) is 6.77. The zero-order chi connectivity index (χ0) is 15.7. The minimum atomic E-state index is -0.166. The lowest BCUT2D eigenvalue weighted by Crippen LogP contribution is -2.38. The van der Waals surface area contributed by atoms with Crippen molar-refractivity contribution in [3.63, 3.8) is 0 Å². The van der Waals surface area contributed by atoms with Crippen LogP contribution in [0.5, 0.6) is 0 Å². The Morgan fingerprint density at radius 3 is 2.82 bits per heavy atom. The van der Waals surface area contributed by atoms with E-state index in [1.807, 2.05) is 39.0 Å². The number of amides is 2. The van der Waals surface area contributed by atoms with E-state index >= 15 is 0 Å². The van der Waals surface area contributed by atoms with Crippen LogP contribution in [-0.2, 0) is 11.8 Å². The highest BCUT2D eigenvalue weighted by Crippen LogP contribution is 2.28. The summed E-state index contributed by atoms with van der Waals surface area (Å²) in [5.74, 6) is 1.21. The van der Waals surface area contributed by atoms with E-state index < -0.39 is 0 Å². The number of nitrogens with zero attached hydrogens (tertiary/aromatic N) is 2. The van der Waals surface area contributed by atoms with Crippen molar-refractivity contribution in [2.24, 2.45) is 0 Å². The van der Waals surface area contributed by atoms with Crippen LogP contribution in [0.1, 0.15) is 38.5 Å². The lowest BCUT2D eigenvalue weighted by Gasteiger charge is -2.29. The molecule has 1 N–H and O–H groups in total. The first-order chi connectivity index (χ1) is 10.4. The monoisotopic (exact) mass is 299 g/mol. The number of para-hydroxylation sites is 1. The fraction of sp³-hybridized carbons (Fsp3) is 0.412. The SMILES string of the molecule is CC(C)(C)c1cc(NC(=O)N2CCCc3ccccc32)no1. The van der Waals surface area contributed by atoms with Crippen LogP contribution in [0.4, 0.5) is 16.3 Å². The first-order valence-corrected chi connectivity index (χ1v) is 7.59. The fourth-order valence-corrected chi connectivity index (χ4v) is 2.61. The Morgan fingerprint density at radius 1 is 1.32 bits per heavy atom. The Balaban J connectivity index is 1.77. The standard InChI is InChI=1S/C17H21N3O2/c1-17(2,3)14-11-15(19-22-14)18-16(21)20-10-6-8-12-7-4-5-9-13(12)20/h4-5,7,9,11H,6,8,10H2,1-3H3,(H,18,19,21). The van der Waals surface area contributed by atoms with Gasteiger partial charge in [-0.1, -0.05) is 44.1 Å². The summed E-state index contributed by atoms with van der Waals surface area (Å²) in [5.41, 5.74) is 2.05. The third-order valence-electron chi connectivity index (χ3n) is 3.84. The van der Waals surface area contributed by atoms with Crippen LogP contribution >= 0.6 is 0 Å². The maximum absolute atomic E-state index is 12.5. The topological polar surface area (TPSA) is 58.4 Å². The molecule has 0 unspecified atom stereocenters. The molecule has 116 valence electrons. The smallest absolute Gasteiger partial charge is 0.327 e. The number of carbonyl (C=O) groups is 1. The van der Waals surface area contributed by atoms with Gasteiger partial charge in [0.05, 0.1) is 0 Å². The van der Waals surface area contributed by atoms with Crippen LogP contribution in [0.2, 0.25) is 0 Å². The van der Waals surface area contributed by atoms with Crippen molar-refractivity contribution in [2.75, 3.05) is 16.8 Å². The van der Waals surface area contributed by atoms with Gasteiger partial charge in [0.2, 0.25) is 0 Å². The number of hydrogen-bond acceptors (Lipinski definition) is 3. The molecule has 3 rings (SSSR count). The average Bonchev–Trinajstić information content (AvgIpc) is 2.95. The maximum Gasteiger partial charge on any atom is 0.327 e. The minimum absolute atomic E-state index is 0.131. The largest absolute Gasteiger partial charge is 0.359 e. The Morgan fingerprint density at radius 2 is 2.09 bits per heavy atom. The van der Waals surface area contributed by atoms with Crippen LogP contribution in [0.25, 0.3) is 0 Å². The number of urea groups is 1. The van der Waals surface area contributed by atoms with E-state index in [1.165, 1.54) is 5.56 Å². The number of anilines is 2. The summed E-state index contributed by atoms with van der Waals surface area (Å²) >= 11 is 0. The van der Waals surface area contributed by atoms with Crippen molar-refractivity contribution in [1.29, 1.82) is 0 Å². The molecule has 0 atom stereocenters. The van der Waals surface area contributed by atoms with Crippen LogP contribution in [0, 0.1) is 0 Å². The summed E-state index contributed by atoms with van der Waals surface area (Å²) in [6.07, 6.45) is 1.98. The van der Waals surface area contributed by atoms with Gasteiger partial charge in [-0.2, -0.15) is 0 Å². The normalized spacial score (nSPS) is 14.6. The number of hydrogen-bond donors (Lipinski definition) is 1. The molecule has 0 saturated heterocycles. The second kappa shape index (κ2) is 5.48. The van der Waals surface area contributed by atoms with Gasteiger partial charge in [0.25, 0.3) is 0 Å². The first-order valence-electron chi connectivity index (χ1n) is 7.59. The molecular formula is C17H21N3O2. The van der Waals surface area contributed by atoms with E-state index in [0.717, 1.165) is 24.3 Å². The Labute approximate surface area is 130 Å². The number of benzene rings is 1. The quantitative estimate of drug-likeness (QED) is 0.867. The molecule has 0 spiro atoms. The number of aromatic nitrogens is 1. The Hall–Kier alpha value is -2.30. The first kappa shape index (κ1) is 14.6. The molecule has 2 heterocycles. The van der Waals surface area contributed by atoms with Gasteiger partial charge >= 0.3 is 6.03 Å². The second-order valence-corrected chi connectivity index (χ2v) is 6.64. The van der Waals surface area contributed by atoms with E-state index in [0.29, 0.717) is 12.4 Å². The molecule has 0 aliphatic carbocycles. The van der Waals surface area contributed by atoms with Gasteiger partial charge < -0.3 is 4.52 Å². The summed E-state index contributed by atoms with van der Waals surface area (Å²) in [7, 11) is 0. The summed E-state index contributed by atoms with van der Waals surface area (Å²) in [6, 6.07) is 9.64. The van der Waals surface area contributed by atoms with Gasteiger partial charge in [-0.05, 0) is 24.5 Å². The predicted molar refractivity (Wildman–Crippen MR) is 86.3 cm³/mol. The van der Waals surface area contributed by atoms with Crippen LogP contribution < -0.4 is 10.2 Å². The molecule has 1 aliphatic rings. The van der Waals surface area contributed by atoms with Crippen LogP contribution in [0.15, 0.2) is 34.9 Å². The van der Waals surface area contributed by atoms with Crippen molar-refractivity contribution < 1.29 is 9.32 Å². The van der Waals surface area contributed by atoms with E-state index in [2.05, 4.69) is 16.5 Å². The Kier molecular flexibility index (Phi) is 3.64. The highest BCUT2D eigenvalue weighted by molar-refractivity contribution is 6.02. The molecule has 1 aromatic carbocycles. The van der Waals surface area contributed by atoms with E-state index in [9.17, 15) is 4.79 Å². The minimum Gasteiger partial charge on any atom is -0.359 e.